The summed E-state index contributed by atoms with van der Waals surface area (Å²) in [5.41, 5.74) is 1.86. The maximum atomic E-state index is 11.9. The minimum absolute atomic E-state index is 0.0498. The molecular formula is C17H23N5O. The van der Waals surface area contributed by atoms with Crippen molar-refractivity contribution in [3.05, 3.63) is 53.6 Å². The highest BCUT2D eigenvalue weighted by atomic mass is 16.1. The Morgan fingerprint density at radius 1 is 1.48 bits per heavy atom. The standard InChI is InChI=1S/C17H23N5O/c1-18-17(23)14-5-3-4-13(10-14)15-11-19-6-9-22(15)12-16-20-7-8-21(16)2/h3-5,7-8,10,15,19H,6,9,11-12H2,1-2H3,(H,18,23). The molecule has 122 valence electrons. The first-order chi connectivity index (χ1) is 11.2. The van der Waals surface area contributed by atoms with Crippen LogP contribution in [0, 0.1) is 0 Å². The van der Waals surface area contributed by atoms with Crippen LogP contribution in [0.15, 0.2) is 36.7 Å². The lowest BCUT2D eigenvalue weighted by Crippen LogP contribution is -2.45. The molecule has 1 unspecified atom stereocenters. The Labute approximate surface area is 136 Å². The van der Waals surface area contributed by atoms with Gasteiger partial charge < -0.3 is 15.2 Å². The highest BCUT2D eigenvalue weighted by Gasteiger charge is 2.25. The van der Waals surface area contributed by atoms with Crippen LogP contribution in [0.25, 0.3) is 0 Å². The lowest BCUT2D eigenvalue weighted by Gasteiger charge is -2.36. The Morgan fingerprint density at radius 3 is 3.09 bits per heavy atom. The summed E-state index contributed by atoms with van der Waals surface area (Å²) in [6.07, 6.45) is 3.80. The molecule has 1 fully saturated rings. The van der Waals surface area contributed by atoms with Crippen molar-refractivity contribution in [3.63, 3.8) is 0 Å². The van der Waals surface area contributed by atoms with Crippen molar-refractivity contribution in [2.45, 2.75) is 12.6 Å². The van der Waals surface area contributed by atoms with Crippen molar-refractivity contribution in [2.75, 3.05) is 26.7 Å². The summed E-state index contributed by atoms with van der Waals surface area (Å²) in [5.74, 6) is 1.01. The van der Waals surface area contributed by atoms with Crippen molar-refractivity contribution in [3.8, 4) is 0 Å². The lowest BCUT2D eigenvalue weighted by atomic mass is 10.0. The first kappa shape index (κ1) is 15.7. The Morgan fingerprint density at radius 2 is 2.35 bits per heavy atom. The third-order valence-corrected chi connectivity index (χ3v) is 4.38. The zero-order valence-corrected chi connectivity index (χ0v) is 13.6. The summed E-state index contributed by atoms with van der Waals surface area (Å²) in [6.45, 7) is 3.61. The van der Waals surface area contributed by atoms with Crippen molar-refractivity contribution in [1.29, 1.82) is 0 Å². The summed E-state index contributed by atoms with van der Waals surface area (Å²) in [7, 11) is 3.68. The van der Waals surface area contributed by atoms with Crippen molar-refractivity contribution < 1.29 is 4.79 Å². The molecular weight excluding hydrogens is 290 g/mol. The van der Waals surface area contributed by atoms with Crippen LogP contribution < -0.4 is 10.6 Å². The molecule has 1 aliphatic heterocycles. The third kappa shape index (κ3) is 3.43. The number of benzene rings is 1. The van der Waals surface area contributed by atoms with Crippen molar-refractivity contribution >= 4 is 5.91 Å². The van der Waals surface area contributed by atoms with E-state index >= 15 is 0 Å². The van der Waals surface area contributed by atoms with Gasteiger partial charge in [-0.15, -0.1) is 0 Å². The number of carbonyl (C=O) groups excluding carboxylic acids is 1. The van der Waals surface area contributed by atoms with Gasteiger partial charge in [0.05, 0.1) is 6.54 Å². The normalized spacial score (nSPS) is 18.8. The average molecular weight is 313 g/mol. The van der Waals surface area contributed by atoms with E-state index < -0.39 is 0 Å². The van der Waals surface area contributed by atoms with Gasteiger partial charge in [0.1, 0.15) is 5.82 Å². The lowest BCUT2D eigenvalue weighted by molar-refractivity contribution is 0.0962. The van der Waals surface area contributed by atoms with E-state index in [0.29, 0.717) is 5.56 Å². The number of carbonyl (C=O) groups is 1. The van der Waals surface area contributed by atoms with E-state index in [4.69, 9.17) is 0 Å². The maximum absolute atomic E-state index is 11.9. The van der Waals surface area contributed by atoms with E-state index in [9.17, 15) is 4.79 Å². The van der Waals surface area contributed by atoms with Crippen molar-refractivity contribution in [2.24, 2.45) is 7.05 Å². The van der Waals surface area contributed by atoms with Crippen LogP contribution in [0.4, 0.5) is 0 Å². The molecule has 1 amide bonds. The number of imidazole rings is 1. The molecule has 6 nitrogen and oxygen atoms in total. The minimum atomic E-state index is -0.0498. The van der Waals surface area contributed by atoms with Crippen LogP contribution in [0.5, 0.6) is 0 Å². The van der Waals surface area contributed by atoms with Crippen molar-refractivity contribution in [1.82, 2.24) is 25.1 Å². The van der Waals surface area contributed by atoms with Gasteiger partial charge in [-0.2, -0.15) is 0 Å². The van der Waals surface area contributed by atoms with Gasteiger partial charge in [-0.25, -0.2) is 4.98 Å². The Balaban J connectivity index is 1.83. The molecule has 2 heterocycles. The summed E-state index contributed by atoms with van der Waals surface area (Å²) < 4.78 is 2.06. The molecule has 2 N–H and O–H groups in total. The molecule has 0 spiro atoms. The Kier molecular flexibility index (Phi) is 4.73. The van der Waals surface area contributed by atoms with Crippen LogP contribution in [0.1, 0.15) is 27.8 Å². The third-order valence-electron chi connectivity index (χ3n) is 4.38. The van der Waals surface area contributed by atoms with Gasteiger partial charge in [-0.1, -0.05) is 12.1 Å². The Bertz CT molecular complexity index is 681. The van der Waals surface area contributed by atoms with Crippen LogP contribution in [-0.2, 0) is 13.6 Å². The molecule has 6 heteroatoms. The number of amides is 1. The predicted octanol–water partition coefficient (Wildman–Crippen LogP) is 0.926. The number of nitrogens with one attached hydrogen (secondary N) is 2. The molecule has 3 rings (SSSR count). The summed E-state index contributed by atoms with van der Waals surface area (Å²) >= 11 is 0. The van der Waals surface area contributed by atoms with Gasteiger partial charge in [-0.3, -0.25) is 9.69 Å². The number of aromatic nitrogens is 2. The monoisotopic (exact) mass is 313 g/mol. The highest BCUT2D eigenvalue weighted by molar-refractivity contribution is 5.94. The van der Waals surface area contributed by atoms with Gasteiger partial charge >= 0.3 is 0 Å². The van der Waals surface area contributed by atoms with Gasteiger partial charge in [0.2, 0.25) is 0 Å². The number of aryl methyl sites for hydroxylation is 1. The van der Waals surface area contributed by atoms with E-state index in [1.165, 1.54) is 0 Å². The van der Waals surface area contributed by atoms with Gasteiger partial charge in [0.25, 0.3) is 5.91 Å². The first-order valence-electron chi connectivity index (χ1n) is 7.92. The molecule has 1 aromatic heterocycles. The highest BCUT2D eigenvalue weighted by Crippen LogP contribution is 2.24. The van der Waals surface area contributed by atoms with Crippen LogP contribution in [0.3, 0.4) is 0 Å². The van der Waals surface area contributed by atoms with Gasteiger partial charge in [0.15, 0.2) is 0 Å². The largest absolute Gasteiger partial charge is 0.355 e. The maximum Gasteiger partial charge on any atom is 0.251 e. The zero-order chi connectivity index (χ0) is 16.2. The molecule has 1 saturated heterocycles. The van der Waals surface area contributed by atoms with Crippen LogP contribution >= 0.6 is 0 Å². The summed E-state index contributed by atoms with van der Waals surface area (Å²) in [6, 6.07) is 8.12. The predicted molar refractivity (Wildman–Crippen MR) is 89.1 cm³/mol. The first-order valence-corrected chi connectivity index (χ1v) is 7.92. The number of hydrogen-bond acceptors (Lipinski definition) is 4. The molecule has 0 aliphatic carbocycles. The fraction of sp³-hybridized carbons (Fsp3) is 0.412. The Hall–Kier alpha value is -2.18. The zero-order valence-electron chi connectivity index (χ0n) is 13.6. The summed E-state index contributed by atoms with van der Waals surface area (Å²) in [4.78, 5) is 18.7. The van der Waals surface area contributed by atoms with Crippen LogP contribution in [0.2, 0.25) is 0 Å². The molecule has 1 aliphatic rings. The molecule has 2 aromatic rings. The second-order valence-corrected chi connectivity index (χ2v) is 5.85. The minimum Gasteiger partial charge on any atom is -0.355 e. The molecule has 1 atom stereocenters. The molecule has 1 aromatic carbocycles. The molecule has 0 radical (unpaired) electrons. The second-order valence-electron chi connectivity index (χ2n) is 5.85. The van der Waals surface area contributed by atoms with E-state index in [1.54, 1.807) is 7.05 Å². The fourth-order valence-corrected chi connectivity index (χ4v) is 3.03. The van der Waals surface area contributed by atoms with E-state index in [0.717, 1.165) is 37.6 Å². The van der Waals surface area contributed by atoms with E-state index in [1.807, 2.05) is 37.6 Å². The SMILES string of the molecule is CNC(=O)c1cccc(C2CNCCN2Cc2nccn2C)c1. The summed E-state index contributed by atoms with van der Waals surface area (Å²) in [5, 5.41) is 6.14. The van der Waals surface area contributed by atoms with E-state index in [2.05, 4.69) is 31.2 Å². The number of nitrogens with zero attached hydrogens (tertiary/aromatic N) is 3. The molecule has 0 saturated carbocycles. The second kappa shape index (κ2) is 6.93. The average Bonchev–Trinajstić information content (AvgIpc) is 2.99. The number of piperazine rings is 1. The topological polar surface area (TPSA) is 62.2 Å². The van der Waals surface area contributed by atoms with Gasteiger partial charge in [-0.05, 0) is 17.7 Å². The number of rotatable bonds is 4. The van der Waals surface area contributed by atoms with Gasteiger partial charge in [0, 0.05) is 57.7 Å². The van der Waals surface area contributed by atoms with E-state index in [-0.39, 0.29) is 11.9 Å². The number of hydrogen-bond donors (Lipinski definition) is 2. The molecule has 23 heavy (non-hydrogen) atoms. The fourth-order valence-electron chi connectivity index (χ4n) is 3.03. The van der Waals surface area contributed by atoms with Crippen LogP contribution in [-0.4, -0.2) is 47.0 Å². The quantitative estimate of drug-likeness (QED) is 0.881. The molecule has 0 bridgehead atoms. The smallest absolute Gasteiger partial charge is 0.251 e.